The average molecular weight is 196 g/mol. The zero-order chi connectivity index (χ0) is 10.6. The van der Waals surface area contributed by atoms with E-state index < -0.39 is 0 Å². The van der Waals surface area contributed by atoms with Crippen molar-refractivity contribution in [1.29, 1.82) is 0 Å². The number of hydrazine groups is 1. The zero-order valence-electron chi connectivity index (χ0n) is 8.62. The highest BCUT2D eigenvalue weighted by Crippen LogP contribution is 2.09. The molecule has 1 aromatic heterocycles. The Hall–Kier alpha value is -1.29. The Morgan fingerprint density at radius 2 is 2.29 bits per heavy atom. The summed E-state index contributed by atoms with van der Waals surface area (Å²) in [5, 5.41) is 1.12. The second-order valence-corrected chi connectivity index (χ2v) is 3.37. The molecular weight excluding hydrogens is 180 g/mol. The average Bonchev–Trinajstić information content (AvgIpc) is 2.51. The zero-order valence-corrected chi connectivity index (χ0v) is 8.62. The Morgan fingerprint density at radius 1 is 1.57 bits per heavy atom. The van der Waals surface area contributed by atoms with Crippen molar-refractivity contribution >= 4 is 5.91 Å². The van der Waals surface area contributed by atoms with Gasteiger partial charge in [-0.3, -0.25) is 9.80 Å². The summed E-state index contributed by atoms with van der Waals surface area (Å²) in [7, 11) is 1.55. The van der Waals surface area contributed by atoms with E-state index in [2.05, 4.69) is 0 Å². The lowest BCUT2D eigenvalue weighted by Gasteiger charge is -2.08. The monoisotopic (exact) mass is 196 g/mol. The quantitative estimate of drug-likeness (QED) is 0.448. The van der Waals surface area contributed by atoms with E-state index in [1.165, 1.54) is 0 Å². The molecule has 0 radical (unpaired) electrons. The predicted octanol–water partition coefficient (Wildman–Crippen LogP) is 1.24. The molecule has 4 nitrogen and oxygen atoms in total. The van der Waals surface area contributed by atoms with Crippen LogP contribution in [0.25, 0.3) is 0 Å². The van der Waals surface area contributed by atoms with Crippen LogP contribution in [0.1, 0.15) is 24.4 Å². The molecule has 4 heteroatoms. The number of rotatable bonds is 4. The summed E-state index contributed by atoms with van der Waals surface area (Å²) in [5.41, 5.74) is 0. The standard InChI is InChI=1S/C10H16N2O2/c1-8-6-7-9(14-8)4-3-5-10(13)12(2)11/h6-7H,3-5,11H2,1-2H3. The molecule has 0 bridgehead atoms. The van der Waals surface area contributed by atoms with Gasteiger partial charge in [0.2, 0.25) is 5.91 Å². The molecule has 0 unspecified atom stereocenters. The first-order valence-electron chi connectivity index (χ1n) is 4.66. The van der Waals surface area contributed by atoms with Gasteiger partial charge in [-0.1, -0.05) is 0 Å². The minimum Gasteiger partial charge on any atom is -0.466 e. The maximum absolute atomic E-state index is 11.1. The number of hydrogen-bond donors (Lipinski definition) is 1. The second-order valence-electron chi connectivity index (χ2n) is 3.37. The van der Waals surface area contributed by atoms with E-state index in [9.17, 15) is 4.79 Å². The first kappa shape index (κ1) is 10.8. The minimum atomic E-state index is -0.0479. The Balaban J connectivity index is 2.25. The van der Waals surface area contributed by atoms with E-state index in [1.54, 1.807) is 7.05 Å². The summed E-state index contributed by atoms with van der Waals surface area (Å²) in [6.45, 7) is 1.91. The Bertz CT molecular complexity index is 305. The molecule has 0 saturated carbocycles. The van der Waals surface area contributed by atoms with Crippen LogP contribution in [0, 0.1) is 6.92 Å². The van der Waals surface area contributed by atoms with Crippen LogP contribution in [0.2, 0.25) is 0 Å². The molecule has 0 atom stereocenters. The van der Waals surface area contributed by atoms with Crippen LogP contribution >= 0.6 is 0 Å². The van der Waals surface area contributed by atoms with E-state index >= 15 is 0 Å². The molecule has 0 aliphatic rings. The Labute approximate surface area is 83.6 Å². The molecule has 1 heterocycles. The first-order chi connectivity index (χ1) is 6.59. The third-order valence-electron chi connectivity index (χ3n) is 2.00. The lowest BCUT2D eigenvalue weighted by Crippen LogP contribution is -2.32. The van der Waals surface area contributed by atoms with Gasteiger partial charge >= 0.3 is 0 Å². The smallest absolute Gasteiger partial charge is 0.236 e. The van der Waals surface area contributed by atoms with Gasteiger partial charge in [-0.2, -0.15) is 0 Å². The third kappa shape index (κ3) is 3.22. The maximum atomic E-state index is 11.1. The van der Waals surface area contributed by atoms with Gasteiger partial charge in [0, 0.05) is 19.9 Å². The minimum absolute atomic E-state index is 0.0479. The summed E-state index contributed by atoms with van der Waals surface area (Å²) in [6, 6.07) is 3.86. The van der Waals surface area contributed by atoms with E-state index in [-0.39, 0.29) is 5.91 Å². The van der Waals surface area contributed by atoms with E-state index in [1.807, 2.05) is 19.1 Å². The number of furan rings is 1. The van der Waals surface area contributed by atoms with Crippen LogP contribution in [-0.2, 0) is 11.2 Å². The van der Waals surface area contributed by atoms with Gasteiger partial charge < -0.3 is 4.42 Å². The lowest BCUT2D eigenvalue weighted by atomic mass is 10.2. The van der Waals surface area contributed by atoms with Crippen LogP contribution < -0.4 is 5.84 Å². The molecule has 1 aromatic rings. The summed E-state index contributed by atoms with van der Waals surface area (Å²) in [6.07, 6.45) is 2.02. The first-order valence-corrected chi connectivity index (χ1v) is 4.66. The highest BCUT2D eigenvalue weighted by molar-refractivity contribution is 5.75. The molecular formula is C10H16N2O2. The molecule has 0 fully saturated rings. The molecule has 78 valence electrons. The number of aryl methyl sites for hydroxylation is 2. The van der Waals surface area contributed by atoms with Crippen molar-refractivity contribution in [1.82, 2.24) is 5.01 Å². The van der Waals surface area contributed by atoms with Crippen LogP contribution in [0.3, 0.4) is 0 Å². The molecule has 0 aliphatic heterocycles. The summed E-state index contributed by atoms with van der Waals surface area (Å²) >= 11 is 0. The van der Waals surface area contributed by atoms with Gasteiger partial charge in [-0.25, -0.2) is 5.84 Å². The van der Waals surface area contributed by atoms with Gasteiger partial charge in [0.15, 0.2) is 0 Å². The number of amides is 1. The highest BCUT2D eigenvalue weighted by Gasteiger charge is 2.05. The SMILES string of the molecule is Cc1ccc(CCCC(=O)N(C)N)o1. The molecule has 1 amide bonds. The fraction of sp³-hybridized carbons (Fsp3) is 0.500. The normalized spacial score (nSPS) is 10.2. The van der Waals surface area contributed by atoms with Gasteiger partial charge in [-0.15, -0.1) is 0 Å². The predicted molar refractivity (Wildman–Crippen MR) is 53.3 cm³/mol. The topological polar surface area (TPSA) is 59.5 Å². The van der Waals surface area contributed by atoms with Gasteiger partial charge in [0.1, 0.15) is 11.5 Å². The van der Waals surface area contributed by atoms with Crippen molar-refractivity contribution in [3.8, 4) is 0 Å². The van der Waals surface area contributed by atoms with Crippen LogP contribution in [0.15, 0.2) is 16.5 Å². The second kappa shape index (κ2) is 4.81. The molecule has 0 aromatic carbocycles. The summed E-state index contributed by atoms with van der Waals surface area (Å²) in [5.74, 6) is 7.06. The van der Waals surface area contributed by atoms with Crippen molar-refractivity contribution in [2.75, 3.05) is 7.05 Å². The summed E-state index contributed by atoms with van der Waals surface area (Å²) in [4.78, 5) is 11.1. The Kier molecular flexibility index (Phi) is 3.71. The highest BCUT2D eigenvalue weighted by atomic mass is 16.3. The maximum Gasteiger partial charge on any atom is 0.236 e. The van der Waals surface area contributed by atoms with Crippen LogP contribution in [0.5, 0.6) is 0 Å². The van der Waals surface area contributed by atoms with Crippen molar-refractivity contribution in [3.05, 3.63) is 23.7 Å². The molecule has 0 aliphatic carbocycles. The number of nitrogens with zero attached hydrogens (tertiary/aromatic N) is 1. The fourth-order valence-corrected chi connectivity index (χ4v) is 1.21. The van der Waals surface area contributed by atoms with E-state index in [0.717, 1.165) is 29.4 Å². The summed E-state index contributed by atoms with van der Waals surface area (Å²) < 4.78 is 5.37. The van der Waals surface area contributed by atoms with Gasteiger partial charge in [0.25, 0.3) is 0 Å². The van der Waals surface area contributed by atoms with E-state index in [4.69, 9.17) is 10.3 Å². The molecule has 2 N–H and O–H groups in total. The number of carbonyl (C=O) groups excluding carboxylic acids is 1. The molecule has 1 rings (SSSR count). The van der Waals surface area contributed by atoms with Gasteiger partial charge in [-0.05, 0) is 25.5 Å². The fourth-order valence-electron chi connectivity index (χ4n) is 1.21. The van der Waals surface area contributed by atoms with E-state index in [0.29, 0.717) is 6.42 Å². The molecule has 0 spiro atoms. The van der Waals surface area contributed by atoms with Crippen molar-refractivity contribution in [2.45, 2.75) is 26.2 Å². The van der Waals surface area contributed by atoms with Crippen molar-refractivity contribution in [2.24, 2.45) is 5.84 Å². The molecule has 14 heavy (non-hydrogen) atoms. The number of carbonyl (C=O) groups is 1. The number of nitrogens with two attached hydrogens (primary N) is 1. The lowest BCUT2D eigenvalue weighted by molar-refractivity contribution is -0.130. The Morgan fingerprint density at radius 3 is 2.79 bits per heavy atom. The van der Waals surface area contributed by atoms with Crippen LogP contribution in [-0.4, -0.2) is 18.0 Å². The van der Waals surface area contributed by atoms with Crippen molar-refractivity contribution < 1.29 is 9.21 Å². The third-order valence-corrected chi connectivity index (χ3v) is 2.00. The molecule has 0 saturated heterocycles. The number of hydrogen-bond acceptors (Lipinski definition) is 3. The largest absolute Gasteiger partial charge is 0.466 e. The van der Waals surface area contributed by atoms with Crippen molar-refractivity contribution in [3.63, 3.8) is 0 Å². The van der Waals surface area contributed by atoms with Crippen LogP contribution in [0.4, 0.5) is 0 Å². The van der Waals surface area contributed by atoms with Gasteiger partial charge in [0.05, 0.1) is 0 Å².